The molecule has 1 saturated carbocycles. The highest BCUT2D eigenvalue weighted by Crippen LogP contribution is 2.42. The van der Waals surface area contributed by atoms with Gasteiger partial charge in [-0.25, -0.2) is 0 Å². The van der Waals surface area contributed by atoms with Gasteiger partial charge in [0.1, 0.15) is 0 Å². The van der Waals surface area contributed by atoms with E-state index in [1.54, 1.807) is 0 Å². The molecule has 2 aliphatic rings. The van der Waals surface area contributed by atoms with Crippen molar-refractivity contribution in [1.29, 1.82) is 0 Å². The lowest BCUT2D eigenvalue weighted by atomic mass is 9.64. The van der Waals surface area contributed by atoms with Gasteiger partial charge >= 0.3 is 7.12 Å². The van der Waals surface area contributed by atoms with Crippen molar-refractivity contribution in [2.45, 2.75) is 85.1 Å². The Balaban J connectivity index is 1.89. The summed E-state index contributed by atoms with van der Waals surface area (Å²) in [5, 5.41) is 0. The van der Waals surface area contributed by atoms with Gasteiger partial charge in [0, 0.05) is 0 Å². The summed E-state index contributed by atoms with van der Waals surface area (Å²) in [6.07, 6.45) is 8.11. The predicted octanol–water partition coefficient (Wildman–Crippen LogP) is 4.69. The molecule has 0 aromatic carbocycles. The topological polar surface area (TPSA) is 18.5 Å². The monoisotopic (exact) mass is 266 g/mol. The van der Waals surface area contributed by atoms with Gasteiger partial charge in [0.15, 0.2) is 0 Å². The van der Waals surface area contributed by atoms with Crippen LogP contribution in [0.4, 0.5) is 0 Å². The molecular weight excluding hydrogens is 235 g/mol. The van der Waals surface area contributed by atoms with Gasteiger partial charge in [0.05, 0.1) is 12.7 Å². The molecule has 0 N–H and O–H groups in total. The second-order valence-corrected chi connectivity index (χ2v) is 8.45. The van der Waals surface area contributed by atoms with Gasteiger partial charge in [0.25, 0.3) is 0 Å². The Morgan fingerprint density at radius 1 is 1.00 bits per heavy atom. The third-order valence-corrected chi connectivity index (χ3v) is 4.60. The van der Waals surface area contributed by atoms with Gasteiger partial charge in [-0.15, -0.1) is 0 Å². The van der Waals surface area contributed by atoms with E-state index in [9.17, 15) is 0 Å². The Bertz CT molecular complexity index is 290. The Labute approximate surface area is 119 Å². The fraction of sp³-hybridized carbons (Fsp3) is 1.00. The zero-order chi connectivity index (χ0) is 14.1. The molecule has 1 aliphatic carbocycles. The smallest absolute Gasteiger partial charge is 0.408 e. The Morgan fingerprint density at radius 3 is 2.21 bits per heavy atom. The van der Waals surface area contributed by atoms with Crippen LogP contribution in [0.1, 0.15) is 73.1 Å². The average Bonchev–Trinajstić information content (AvgIpc) is 2.77. The van der Waals surface area contributed by atoms with E-state index < -0.39 is 0 Å². The van der Waals surface area contributed by atoms with Crippen molar-refractivity contribution >= 4 is 7.12 Å². The van der Waals surface area contributed by atoms with Crippen molar-refractivity contribution < 1.29 is 9.31 Å². The van der Waals surface area contributed by atoms with Gasteiger partial charge in [0.2, 0.25) is 0 Å². The SMILES string of the molecule is CC(C)(C)CC(C)(C)C1COB(C2CCCCC2)O1. The molecular formula is C16H31BO2. The molecule has 110 valence electrons. The molecule has 19 heavy (non-hydrogen) atoms. The zero-order valence-corrected chi connectivity index (χ0v) is 13.5. The quantitative estimate of drug-likeness (QED) is 0.690. The second kappa shape index (κ2) is 5.77. The summed E-state index contributed by atoms with van der Waals surface area (Å²) in [6, 6.07) is 0. The Hall–Kier alpha value is -0.0151. The molecule has 0 amide bonds. The predicted molar refractivity (Wildman–Crippen MR) is 81.3 cm³/mol. The molecule has 1 saturated heterocycles. The molecule has 1 heterocycles. The summed E-state index contributed by atoms with van der Waals surface area (Å²) >= 11 is 0. The molecule has 2 fully saturated rings. The number of hydrogen-bond donors (Lipinski definition) is 0. The van der Waals surface area contributed by atoms with Crippen molar-refractivity contribution in [2.24, 2.45) is 10.8 Å². The third kappa shape index (κ3) is 4.22. The molecule has 3 heteroatoms. The van der Waals surface area contributed by atoms with E-state index in [1.165, 1.54) is 38.5 Å². The van der Waals surface area contributed by atoms with Crippen LogP contribution in [-0.2, 0) is 9.31 Å². The van der Waals surface area contributed by atoms with Crippen molar-refractivity contribution in [2.75, 3.05) is 6.61 Å². The highest BCUT2D eigenvalue weighted by molar-refractivity contribution is 6.47. The van der Waals surface area contributed by atoms with E-state index >= 15 is 0 Å². The molecule has 1 atom stereocenters. The maximum atomic E-state index is 6.29. The lowest BCUT2D eigenvalue weighted by molar-refractivity contribution is 0.0530. The molecule has 0 spiro atoms. The Kier molecular flexibility index (Phi) is 4.67. The molecule has 2 nitrogen and oxygen atoms in total. The zero-order valence-electron chi connectivity index (χ0n) is 13.5. The average molecular weight is 266 g/mol. The first-order valence-corrected chi connectivity index (χ1v) is 8.05. The Morgan fingerprint density at radius 2 is 1.63 bits per heavy atom. The molecule has 0 bridgehead atoms. The summed E-state index contributed by atoms with van der Waals surface area (Å²) in [7, 11) is 0.0737. The second-order valence-electron chi connectivity index (χ2n) is 8.45. The van der Waals surface area contributed by atoms with E-state index in [0.717, 1.165) is 6.61 Å². The highest BCUT2D eigenvalue weighted by Gasteiger charge is 2.45. The number of rotatable bonds is 3. The summed E-state index contributed by atoms with van der Waals surface area (Å²) in [5.74, 6) is 0.643. The summed E-state index contributed by atoms with van der Waals surface area (Å²) in [4.78, 5) is 0. The standard InChI is InChI=1S/C16H31BO2/c1-15(2,3)12-16(4,5)14-11-18-17(19-14)13-9-7-6-8-10-13/h13-14H,6-12H2,1-5H3. The molecule has 0 radical (unpaired) electrons. The van der Waals surface area contributed by atoms with Crippen LogP contribution in [0.2, 0.25) is 5.82 Å². The molecule has 1 unspecified atom stereocenters. The van der Waals surface area contributed by atoms with Crippen molar-refractivity contribution in [3.05, 3.63) is 0 Å². The minimum absolute atomic E-state index is 0.0737. The van der Waals surface area contributed by atoms with Crippen LogP contribution >= 0.6 is 0 Å². The van der Waals surface area contributed by atoms with Crippen LogP contribution in [0.3, 0.4) is 0 Å². The minimum Gasteiger partial charge on any atom is -0.408 e. The first-order valence-electron chi connectivity index (χ1n) is 8.05. The van der Waals surface area contributed by atoms with Crippen molar-refractivity contribution in [3.8, 4) is 0 Å². The van der Waals surface area contributed by atoms with E-state index in [1.807, 2.05) is 0 Å². The van der Waals surface area contributed by atoms with Gasteiger partial charge < -0.3 is 9.31 Å². The van der Waals surface area contributed by atoms with E-state index in [2.05, 4.69) is 34.6 Å². The first kappa shape index (κ1) is 15.4. The van der Waals surface area contributed by atoms with Crippen LogP contribution in [0.5, 0.6) is 0 Å². The van der Waals surface area contributed by atoms with Crippen molar-refractivity contribution in [3.63, 3.8) is 0 Å². The van der Waals surface area contributed by atoms with Crippen LogP contribution < -0.4 is 0 Å². The van der Waals surface area contributed by atoms with E-state index in [0.29, 0.717) is 11.2 Å². The maximum Gasteiger partial charge on any atom is 0.460 e. The summed E-state index contributed by atoms with van der Waals surface area (Å²) in [6.45, 7) is 12.4. The molecule has 1 aliphatic heterocycles. The lowest BCUT2D eigenvalue weighted by Crippen LogP contribution is -2.36. The first-order chi connectivity index (χ1) is 8.78. The maximum absolute atomic E-state index is 6.29. The van der Waals surface area contributed by atoms with Crippen LogP contribution in [0.15, 0.2) is 0 Å². The van der Waals surface area contributed by atoms with Crippen LogP contribution in [0.25, 0.3) is 0 Å². The van der Waals surface area contributed by atoms with E-state index in [-0.39, 0.29) is 18.6 Å². The molecule has 0 aromatic rings. The summed E-state index contributed by atoms with van der Waals surface area (Å²) < 4.78 is 12.3. The highest BCUT2D eigenvalue weighted by atomic mass is 16.6. The van der Waals surface area contributed by atoms with Crippen LogP contribution in [-0.4, -0.2) is 19.8 Å². The van der Waals surface area contributed by atoms with Gasteiger partial charge in [-0.05, 0) is 23.1 Å². The minimum atomic E-state index is 0.0737. The van der Waals surface area contributed by atoms with Crippen molar-refractivity contribution in [1.82, 2.24) is 0 Å². The van der Waals surface area contributed by atoms with Crippen LogP contribution in [0, 0.1) is 10.8 Å². The lowest BCUT2D eigenvalue weighted by Gasteiger charge is -2.36. The fourth-order valence-electron chi connectivity index (χ4n) is 3.97. The normalized spacial score (nSPS) is 27.0. The molecule has 0 aromatic heterocycles. The molecule has 2 rings (SSSR count). The summed E-state index contributed by atoms with van der Waals surface area (Å²) in [5.41, 5.74) is 0.539. The van der Waals surface area contributed by atoms with Gasteiger partial charge in [-0.2, -0.15) is 0 Å². The largest absolute Gasteiger partial charge is 0.460 e. The number of hydrogen-bond acceptors (Lipinski definition) is 2. The third-order valence-electron chi connectivity index (χ3n) is 4.60. The van der Waals surface area contributed by atoms with Gasteiger partial charge in [-0.1, -0.05) is 66.7 Å². The van der Waals surface area contributed by atoms with Gasteiger partial charge in [-0.3, -0.25) is 0 Å². The fourth-order valence-corrected chi connectivity index (χ4v) is 3.97. The van der Waals surface area contributed by atoms with E-state index in [4.69, 9.17) is 9.31 Å².